The molecule has 18 heavy (non-hydrogen) atoms. The molecule has 2 N–H and O–H groups in total. The van der Waals surface area contributed by atoms with Gasteiger partial charge in [0.15, 0.2) is 5.69 Å². The Hall–Kier alpha value is -1.91. The quantitative estimate of drug-likeness (QED) is 0.799. The molecule has 2 rings (SSSR count). The summed E-state index contributed by atoms with van der Waals surface area (Å²) in [5.74, 6) is -0.448. The summed E-state index contributed by atoms with van der Waals surface area (Å²) in [7, 11) is 0. The first-order valence-electron chi connectivity index (χ1n) is 6.17. The first-order valence-corrected chi connectivity index (χ1v) is 6.17. The Labute approximate surface area is 106 Å². The molecule has 0 saturated heterocycles. The number of aromatic nitrogens is 2. The van der Waals surface area contributed by atoms with E-state index in [1.54, 1.807) is 0 Å². The van der Waals surface area contributed by atoms with Gasteiger partial charge < -0.3 is 10.4 Å². The summed E-state index contributed by atoms with van der Waals surface area (Å²) in [5.41, 5.74) is 1.36. The topological polar surface area (TPSA) is 75.1 Å². The number of nitrogens with one attached hydrogen (secondary N) is 1. The molecule has 1 heterocycles. The third-order valence-corrected chi connectivity index (χ3v) is 3.12. The zero-order chi connectivity index (χ0) is 13.0. The minimum Gasteiger partial charge on any atom is -0.476 e. The molecule has 5 heteroatoms. The number of carboxylic acids is 1. The van der Waals surface area contributed by atoms with Crippen LogP contribution in [0.2, 0.25) is 0 Å². The smallest absolute Gasteiger partial charge is 0.356 e. The maximum Gasteiger partial charge on any atom is 0.356 e. The highest BCUT2D eigenvalue weighted by Crippen LogP contribution is 2.21. The van der Waals surface area contributed by atoms with Gasteiger partial charge in [0.1, 0.15) is 5.82 Å². The molecule has 0 fully saturated rings. The molecule has 1 aromatic rings. The third kappa shape index (κ3) is 3.06. The zero-order valence-electron chi connectivity index (χ0n) is 10.4. The number of hydrogen-bond donors (Lipinski definition) is 2. The number of aromatic carboxylic acids is 1. The van der Waals surface area contributed by atoms with Gasteiger partial charge in [-0.15, -0.1) is 0 Å². The van der Waals surface area contributed by atoms with Crippen molar-refractivity contribution < 1.29 is 9.90 Å². The molecule has 0 radical (unpaired) electrons. The van der Waals surface area contributed by atoms with Gasteiger partial charge in [-0.25, -0.2) is 14.8 Å². The lowest BCUT2D eigenvalue weighted by Gasteiger charge is -2.21. The predicted octanol–water partition coefficient (Wildman–Crippen LogP) is 2.48. The van der Waals surface area contributed by atoms with Crippen molar-refractivity contribution in [1.29, 1.82) is 0 Å². The molecule has 0 spiro atoms. The first kappa shape index (κ1) is 12.5. The Balaban J connectivity index is 2.00. The van der Waals surface area contributed by atoms with Crippen molar-refractivity contribution >= 4 is 11.8 Å². The second kappa shape index (κ2) is 5.62. The summed E-state index contributed by atoms with van der Waals surface area (Å²) < 4.78 is 0. The van der Waals surface area contributed by atoms with Crippen molar-refractivity contribution in [2.24, 2.45) is 0 Å². The van der Waals surface area contributed by atoms with Gasteiger partial charge in [0.2, 0.25) is 0 Å². The van der Waals surface area contributed by atoms with Gasteiger partial charge in [-0.05, 0) is 32.6 Å². The Kier molecular flexibility index (Phi) is 3.92. The van der Waals surface area contributed by atoms with E-state index in [2.05, 4.69) is 28.3 Å². The highest BCUT2D eigenvalue weighted by molar-refractivity contribution is 5.84. The van der Waals surface area contributed by atoms with E-state index in [0.29, 0.717) is 5.82 Å². The Morgan fingerprint density at radius 1 is 1.39 bits per heavy atom. The second-order valence-electron chi connectivity index (χ2n) is 4.48. The fourth-order valence-corrected chi connectivity index (χ4v) is 2.08. The minimum atomic E-state index is -1.06. The zero-order valence-corrected chi connectivity index (χ0v) is 10.4. The molecular weight excluding hydrogens is 230 g/mol. The van der Waals surface area contributed by atoms with Gasteiger partial charge in [-0.2, -0.15) is 0 Å². The Morgan fingerprint density at radius 2 is 2.22 bits per heavy atom. The molecule has 0 amide bonds. The van der Waals surface area contributed by atoms with Crippen molar-refractivity contribution in [1.82, 2.24) is 9.97 Å². The van der Waals surface area contributed by atoms with Crippen LogP contribution in [0.15, 0.2) is 24.0 Å². The van der Waals surface area contributed by atoms with Crippen LogP contribution in [0.5, 0.6) is 0 Å². The van der Waals surface area contributed by atoms with E-state index >= 15 is 0 Å². The summed E-state index contributed by atoms with van der Waals surface area (Å²) in [5, 5.41) is 12.0. The fraction of sp³-hybridized carbons (Fsp3) is 0.462. The normalized spacial score (nSPS) is 16.8. The summed E-state index contributed by atoms with van der Waals surface area (Å²) in [4.78, 5) is 18.5. The highest BCUT2D eigenvalue weighted by Gasteiger charge is 2.12. The molecule has 5 nitrogen and oxygen atoms in total. The van der Waals surface area contributed by atoms with Crippen LogP contribution in [0.1, 0.15) is 43.1 Å². The van der Waals surface area contributed by atoms with Crippen molar-refractivity contribution in [3.8, 4) is 0 Å². The van der Waals surface area contributed by atoms with Gasteiger partial charge in [0, 0.05) is 6.04 Å². The molecule has 0 bridgehead atoms. The molecule has 1 aliphatic carbocycles. The number of hydrogen-bond acceptors (Lipinski definition) is 4. The van der Waals surface area contributed by atoms with Crippen LogP contribution < -0.4 is 5.32 Å². The van der Waals surface area contributed by atoms with Crippen LogP contribution in [0.4, 0.5) is 5.82 Å². The van der Waals surface area contributed by atoms with Crippen LogP contribution >= 0.6 is 0 Å². The maximum absolute atomic E-state index is 10.6. The molecule has 1 unspecified atom stereocenters. The van der Waals surface area contributed by atoms with Crippen molar-refractivity contribution in [2.45, 2.75) is 38.6 Å². The summed E-state index contributed by atoms with van der Waals surface area (Å²) >= 11 is 0. The maximum atomic E-state index is 10.6. The highest BCUT2D eigenvalue weighted by atomic mass is 16.4. The average molecular weight is 247 g/mol. The van der Waals surface area contributed by atoms with Gasteiger partial charge in [0.25, 0.3) is 0 Å². The lowest BCUT2D eigenvalue weighted by Crippen LogP contribution is -2.20. The SMILES string of the molecule is CC(Nc1cnc(C(=O)O)cn1)C1=CCCCC1. The molecule has 1 atom stereocenters. The number of anilines is 1. The van der Waals surface area contributed by atoms with E-state index in [0.717, 1.165) is 12.8 Å². The number of rotatable bonds is 4. The molecule has 1 aromatic heterocycles. The first-order chi connectivity index (χ1) is 8.66. The van der Waals surface area contributed by atoms with Crippen LogP contribution in [-0.4, -0.2) is 27.1 Å². The lowest BCUT2D eigenvalue weighted by molar-refractivity contribution is 0.0690. The second-order valence-corrected chi connectivity index (χ2v) is 4.48. The van der Waals surface area contributed by atoms with Crippen LogP contribution in [0, 0.1) is 0 Å². The van der Waals surface area contributed by atoms with Crippen LogP contribution in [0.3, 0.4) is 0 Å². The standard InChI is InChI=1S/C13H17N3O2/c1-9(10-5-3-2-4-6-10)16-12-8-14-11(7-15-12)13(17)18/h5,7-9H,2-4,6H2,1H3,(H,15,16)(H,17,18). The summed E-state index contributed by atoms with van der Waals surface area (Å²) in [6.07, 6.45) is 9.78. The van der Waals surface area contributed by atoms with Gasteiger partial charge in [0.05, 0.1) is 12.4 Å². The minimum absolute atomic E-state index is 0.0370. The van der Waals surface area contributed by atoms with E-state index in [4.69, 9.17) is 5.11 Å². The van der Waals surface area contributed by atoms with Gasteiger partial charge in [-0.1, -0.05) is 11.6 Å². The van der Waals surface area contributed by atoms with Gasteiger partial charge in [-0.3, -0.25) is 0 Å². The Morgan fingerprint density at radius 3 is 2.78 bits per heavy atom. The third-order valence-electron chi connectivity index (χ3n) is 3.12. The molecule has 0 aliphatic heterocycles. The number of carbonyl (C=O) groups is 1. The molecule has 0 saturated carbocycles. The molecular formula is C13H17N3O2. The molecule has 96 valence electrons. The number of allylic oxidation sites excluding steroid dienone is 1. The number of nitrogens with zero attached hydrogens (tertiary/aromatic N) is 2. The summed E-state index contributed by atoms with van der Waals surface area (Å²) in [6.45, 7) is 2.09. The monoisotopic (exact) mass is 247 g/mol. The van der Waals surface area contributed by atoms with Crippen molar-refractivity contribution in [3.63, 3.8) is 0 Å². The van der Waals surface area contributed by atoms with E-state index in [1.807, 2.05) is 0 Å². The van der Waals surface area contributed by atoms with E-state index in [9.17, 15) is 4.79 Å². The lowest BCUT2D eigenvalue weighted by atomic mass is 9.95. The van der Waals surface area contributed by atoms with Crippen LogP contribution in [-0.2, 0) is 0 Å². The Bertz CT molecular complexity index is 454. The predicted molar refractivity (Wildman–Crippen MR) is 68.6 cm³/mol. The van der Waals surface area contributed by atoms with Crippen molar-refractivity contribution in [3.05, 3.63) is 29.7 Å². The average Bonchev–Trinajstić information content (AvgIpc) is 2.40. The fourth-order valence-electron chi connectivity index (χ4n) is 2.08. The van der Waals surface area contributed by atoms with Crippen LogP contribution in [0.25, 0.3) is 0 Å². The van der Waals surface area contributed by atoms with Crippen molar-refractivity contribution in [2.75, 3.05) is 5.32 Å². The molecule has 0 aromatic carbocycles. The summed E-state index contributed by atoms with van der Waals surface area (Å²) in [6, 6.07) is 0.218. The van der Waals surface area contributed by atoms with E-state index < -0.39 is 5.97 Å². The van der Waals surface area contributed by atoms with Gasteiger partial charge >= 0.3 is 5.97 Å². The number of carboxylic acid groups (broad SMARTS) is 1. The van der Waals surface area contributed by atoms with E-state index in [1.165, 1.54) is 30.8 Å². The van der Waals surface area contributed by atoms with E-state index in [-0.39, 0.29) is 11.7 Å². The largest absolute Gasteiger partial charge is 0.476 e. The molecule has 1 aliphatic rings.